The summed E-state index contributed by atoms with van der Waals surface area (Å²) in [6.45, 7) is 5.19. The minimum Gasteiger partial charge on any atom is -0.373 e. The van der Waals surface area contributed by atoms with Crippen molar-refractivity contribution in [2.24, 2.45) is 13.0 Å². The van der Waals surface area contributed by atoms with E-state index in [1.54, 1.807) is 0 Å². The second kappa shape index (κ2) is 5.96. The number of hydrogen-bond donors (Lipinski definition) is 2. The van der Waals surface area contributed by atoms with Crippen LogP contribution in [0, 0.1) is 19.8 Å². The van der Waals surface area contributed by atoms with E-state index in [0.717, 1.165) is 23.4 Å². The van der Waals surface area contributed by atoms with Gasteiger partial charge in [0, 0.05) is 37.2 Å². The fraction of sp³-hybridized carbons (Fsp3) is 0.692. The van der Waals surface area contributed by atoms with Gasteiger partial charge in [-0.05, 0) is 20.3 Å². The molecule has 5 nitrogen and oxygen atoms in total. The van der Waals surface area contributed by atoms with Crippen molar-refractivity contribution in [3.8, 4) is 0 Å². The zero-order valence-corrected chi connectivity index (χ0v) is 12.5. The first-order chi connectivity index (χ1) is 9.06. The lowest BCUT2D eigenvalue weighted by Gasteiger charge is -2.18. The van der Waals surface area contributed by atoms with Crippen LogP contribution in [0.2, 0.25) is 0 Å². The average molecular weight is 283 g/mol. The number of nitrogens with one attached hydrogen (secondary N) is 1. The Morgan fingerprint density at radius 3 is 2.89 bits per heavy atom. The Hall–Kier alpha value is -1.01. The number of nitrogens with zero attached hydrogens (tertiary/aromatic N) is 2. The molecule has 0 radical (unpaired) electrons. The number of amides is 1. The van der Waals surface area contributed by atoms with Gasteiger partial charge in [-0.2, -0.15) is 17.7 Å². The van der Waals surface area contributed by atoms with E-state index in [9.17, 15) is 4.79 Å². The third-order valence-corrected chi connectivity index (χ3v) is 3.91. The first-order valence-electron chi connectivity index (χ1n) is 6.56. The number of aryl methyl sites for hydroxylation is 2. The molecular formula is C13H21N3O2S. The molecule has 1 aliphatic heterocycles. The third-order valence-electron chi connectivity index (χ3n) is 3.69. The molecule has 19 heavy (non-hydrogen) atoms. The Kier molecular flexibility index (Phi) is 4.52. The van der Waals surface area contributed by atoms with E-state index in [-0.39, 0.29) is 17.9 Å². The van der Waals surface area contributed by atoms with E-state index in [4.69, 9.17) is 4.74 Å². The zero-order valence-electron chi connectivity index (χ0n) is 11.6. The van der Waals surface area contributed by atoms with Gasteiger partial charge in [0.05, 0.1) is 17.7 Å². The molecule has 0 unspecified atom stereocenters. The van der Waals surface area contributed by atoms with E-state index >= 15 is 0 Å². The average Bonchev–Trinajstić information content (AvgIpc) is 2.93. The van der Waals surface area contributed by atoms with Crippen LogP contribution in [0.4, 0.5) is 0 Å². The minimum atomic E-state index is -0.173. The molecule has 2 rings (SSSR count). The lowest BCUT2D eigenvalue weighted by molar-refractivity contribution is -0.126. The Labute approximate surface area is 119 Å². The quantitative estimate of drug-likeness (QED) is 0.815. The maximum Gasteiger partial charge on any atom is 0.226 e. The molecule has 1 fully saturated rings. The third kappa shape index (κ3) is 2.79. The van der Waals surface area contributed by atoms with Crippen molar-refractivity contribution in [1.82, 2.24) is 15.1 Å². The van der Waals surface area contributed by atoms with E-state index in [2.05, 4.69) is 23.0 Å². The molecule has 2 atom stereocenters. The van der Waals surface area contributed by atoms with Crippen molar-refractivity contribution in [3.05, 3.63) is 17.0 Å². The highest BCUT2D eigenvalue weighted by atomic mass is 32.1. The second-order valence-electron chi connectivity index (χ2n) is 4.91. The second-order valence-corrected chi connectivity index (χ2v) is 5.36. The summed E-state index contributed by atoms with van der Waals surface area (Å²) in [6.07, 6.45) is 0.588. The SMILES string of the molecule is Cc1nn(C)c(C)c1[C@@H]1OCC[C@H]1C(=O)NCCS. The van der Waals surface area contributed by atoms with Gasteiger partial charge >= 0.3 is 0 Å². The Balaban J connectivity index is 2.21. The number of rotatable bonds is 4. The van der Waals surface area contributed by atoms with Crippen molar-refractivity contribution in [1.29, 1.82) is 0 Å². The van der Waals surface area contributed by atoms with Crippen molar-refractivity contribution in [2.75, 3.05) is 18.9 Å². The molecule has 6 heteroatoms. The van der Waals surface area contributed by atoms with Crippen LogP contribution in [-0.2, 0) is 16.6 Å². The molecule has 106 valence electrons. The van der Waals surface area contributed by atoms with Gasteiger partial charge in [-0.25, -0.2) is 0 Å². The molecule has 0 spiro atoms. The topological polar surface area (TPSA) is 56.2 Å². The standard InChI is InChI=1S/C13H21N3O2S/c1-8-11(9(2)16(3)15-8)12-10(4-6-18-12)13(17)14-5-7-19/h10,12,19H,4-7H2,1-3H3,(H,14,17)/t10-,12-/m1/s1. The summed E-state index contributed by atoms with van der Waals surface area (Å²) in [5, 5.41) is 7.30. The molecule has 1 amide bonds. The molecule has 2 heterocycles. The van der Waals surface area contributed by atoms with Crippen molar-refractivity contribution < 1.29 is 9.53 Å². The number of carbonyl (C=O) groups is 1. The van der Waals surface area contributed by atoms with Crippen LogP contribution >= 0.6 is 12.6 Å². The van der Waals surface area contributed by atoms with Crippen LogP contribution in [0.25, 0.3) is 0 Å². The predicted octanol–water partition coefficient (Wildman–Crippen LogP) is 1.16. The maximum absolute atomic E-state index is 12.2. The highest BCUT2D eigenvalue weighted by Crippen LogP contribution is 2.37. The van der Waals surface area contributed by atoms with E-state index in [1.807, 2.05) is 25.6 Å². The predicted molar refractivity (Wildman–Crippen MR) is 76.3 cm³/mol. The fourth-order valence-electron chi connectivity index (χ4n) is 2.65. The first-order valence-corrected chi connectivity index (χ1v) is 7.19. The number of ether oxygens (including phenoxy) is 1. The van der Waals surface area contributed by atoms with E-state index in [0.29, 0.717) is 18.9 Å². The van der Waals surface area contributed by atoms with Crippen LogP contribution in [-0.4, -0.2) is 34.6 Å². The number of carbonyl (C=O) groups excluding carboxylic acids is 1. The summed E-state index contributed by atoms with van der Waals surface area (Å²) in [5.41, 5.74) is 3.07. The molecule has 1 aromatic heterocycles. The van der Waals surface area contributed by atoms with Gasteiger partial charge in [-0.15, -0.1) is 0 Å². The summed E-state index contributed by atoms with van der Waals surface area (Å²) >= 11 is 4.11. The number of hydrogen-bond acceptors (Lipinski definition) is 4. The van der Waals surface area contributed by atoms with Gasteiger partial charge in [0.15, 0.2) is 0 Å². The Morgan fingerprint density at radius 1 is 1.58 bits per heavy atom. The van der Waals surface area contributed by atoms with E-state index in [1.165, 1.54) is 0 Å². The normalized spacial score (nSPS) is 22.7. The first kappa shape index (κ1) is 14.4. The van der Waals surface area contributed by atoms with Crippen LogP contribution in [0.3, 0.4) is 0 Å². The van der Waals surface area contributed by atoms with Crippen molar-refractivity contribution in [3.63, 3.8) is 0 Å². The van der Waals surface area contributed by atoms with Gasteiger partial charge in [0.1, 0.15) is 0 Å². The summed E-state index contributed by atoms with van der Waals surface area (Å²) in [7, 11) is 1.91. The van der Waals surface area contributed by atoms with Gasteiger partial charge in [0.25, 0.3) is 0 Å². The molecule has 1 aliphatic rings. The molecule has 1 aromatic rings. The lowest BCUT2D eigenvalue weighted by Crippen LogP contribution is -2.33. The smallest absolute Gasteiger partial charge is 0.226 e. The minimum absolute atomic E-state index is 0.0548. The maximum atomic E-state index is 12.2. The largest absolute Gasteiger partial charge is 0.373 e. The number of aromatic nitrogens is 2. The lowest BCUT2D eigenvalue weighted by atomic mass is 9.93. The van der Waals surface area contributed by atoms with E-state index < -0.39 is 0 Å². The summed E-state index contributed by atoms with van der Waals surface area (Å²) < 4.78 is 7.64. The van der Waals surface area contributed by atoms with Crippen molar-refractivity contribution in [2.45, 2.75) is 26.4 Å². The molecule has 0 bridgehead atoms. The highest BCUT2D eigenvalue weighted by Gasteiger charge is 2.37. The van der Waals surface area contributed by atoms with Gasteiger partial charge in [0.2, 0.25) is 5.91 Å². The molecule has 1 saturated heterocycles. The molecule has 1 N–H and O–H groups in total. The summed E-state index contributed by atoms with van der Waals surface area (Å²) in [4.78, 5) is 12.2. The molecule has 0 aliphatic carbocycles. The van der Waals surface area contributed by atoms with Crippen LogP contribution < -0.4 is 5.32 Å². The molecular weight excluding hydrogens is 262 g/mol. The monoisotopic (exact) mass is 283 g/mol. The van der Waals surface area contributed by atoms with Gasteiger partial charge in [-0.1, -0.05) is 0 Å². The summed E-state index contributed by atoms with van der Waals surface area (Å²) in [5.74, 6) is 0.579. The zero-order chi connectivity index (χ0) is 14.0. The fourth-order valence-corrected chi connectivity index (χ4v) is 2.77. The highest BCUT2D eigenvalue weighted by molar-refractivity contribution is 7.80. The van der Waals surface area contributed by atoms with Crippen LogP contribution in [0.5, 0.6) is 0 Å². The number of thiol groups is 1. The molecule has 0 saturated carbocycles. The van der Waals surface area contributed by atoms with Gasteiger partial charge < -0.3 is 10.1 Å². The Bertz CT molecular complexity index is 473. The molecule has 0 aromatic carbocycles. The Morgan fingerprint density at radius 2 is 2.32 bits per heavy atom. The van der Waals surface area contributed by atoms with Crippen LogP contribution in [0.1, 0.15) is 29.5 Å². The summed E-state index contributed by atoms with van der Waals surface area (Å²) in [6, 6.07) is 0. The van der Waals surface area contributed by atoms with Crippen LogP contribution in [0.15, 0.2) is 0 Å². The van der Waals surface area contributed by atoms with Crippen molar-refractivity contribution >= 4 is 18.5 Å². The van der Waals surface area contributed by atoms with Gasteiger partial charge in [-0.3, -0.25) is 9.48 Å².